The van der Waals surface area contributed by atoms with Crippen LogP contribution in [0.4, 0.5) is 5.82 Å². The second-order valence-electron chi connectivity index (χ2n) is 8.87. The minimum Gasteiger partial charge on any atom is -0.383 e. The summed E-state index contributed by atoms with van der Waals surface area (Å²) in [6.45, 7) is 0. The molecule has 0 unspecified atom stereocenters. The zero-order chi connectivity index (χ0) is 22.1. The van der Waals surface area contributed by atoms with Crippen molar-refractivity contribution >= 4 is 21.7 Å². The van der Waals surface area contributed by atoms with Crippen molar-refractivity contribution in [2.45, 2.75) is 42.2 Å². The van der Waals surface area contributed by atoms with E-state index in [1.165, 1.54) is 0 Å². The number of pyridine rings is 1. The molecule has 0 saturated heterocycles. The third-order valence-electron chi connectivity index (χ3n) is 6.51. The van der Waals surface area contributed by atoms with E-state index in [-0.39, 0.29) is 22.4 Å². The second-order valence-corrected chi connectivity index (χ2v) is 10.6. The molecule has 1 amide bonds. The highest BCUT2D eigenvalue weighted by atomic mass is 32.2. The number of rotatable bonds is 5. The maximum Gasteiger partial charge on any atom is 0.252 e. The number of hydrogen-bond donors (Lipinski definition) is 3. The molecule has 0 atom stereocenters. The molecule has 3 aliphatic rings. The fraction of sp³-hybridized carbons (Fsp3) is 0.250. The van der Waals surface area contributed by atoms with Crippen LogP contribution in [0.2, 0.25) is 0 Å². The van der Waals surface area contributed by atoms with Gasteiger partial charge in [0, 0.05) is 28.9 Å². The summed E-state index contributed by atoms with van der Waals surface area (Å²) in [7, 11) is -3.49. The van der Waals surface area contributed by atoms with Crippen LogP contribution in [-0.4, -0.2) is 25.4 Å². The number of nitrogens with zero attached hydrogens (tertiary/aromatic N) is 1. The number of anilines is 1. The summed E-state index contributed by atoms with van der Waals surface area (Å²) in [6.07, 6.45) is 5.38. The number of sulfonamides is 1. The molecule has 2 heterocycles. The Morgan fingerprint density at radius 2 is 1.69 bits per heavy atom. The topological polar surface area (TPSA) is 114 Å². The van der Waals surface area contributed by atoms with Crippen LogP contribution in [0.25, 0.3) is 22.3 Å². The predicted octanol–water partition coefficient (Wildman–Crippen LogP) is 3.17. The van der Waals surface area contributed by atoms with Gasteiger partial charge < -0.3 is 11.1 Å². The number of carbonyl (C=O) groups is 1. The molecule has 4 N–H and O–H groups in total. The maximum atomic E-state index is 12.4. The van der Waals surface area contributed by atoms with Crippen molar-refractivity contribution in [3.05, 3.63) is 65.9 Å². The van der Waals surface area contributed by atoms with Crippen molar-refractivity contribution in [1.29, 1.82) is 0 Å². The van der Waals surface area contributed by atoms with Crippen LogP contribution in [0.5, 0.6) is 0 Å². The molecule has 6 rings (SSSR count). The van der Waals surface area contributed by atoms with Crippen molar-refractivity contribution < 1.29 is 13.2 Å². The number of nitrogens with two attached hydrogens (primary N) is 1. The van der Waals surface area contributed by atoms with E-state index < -0.39 is 10.0 Å². The molecule has 2 aliphatic carbocycles. The Kier molecular flexibility index (Phi) is 4.03. The van der Waals surface area contributed by atoms with E-state index in [2.05, 4.69) is 15.0 Å². The third-order valence-corrected chi connectivity index (χ3v) is 8.05. The Morgan fingerprint density at radius 3 is 2.38 bits per heavy atom. The smallest absolute Gasteiger partial charge is 0.252 e. The third kappa shape index (κ3) is 3.18. The van der Waals surface area contributed by atoms with Crippen LogP contribution >= 0.6 is 0 Å². The van der Waals surface area contributed by atoms with Crippen LogP contribution in [-0.2, 0) is 15.6 Å². The fourth-order valence-electron chi connectivity index (χ4n) is 4.36. The first kappa shape index (κ1) is 19.5. The molecule has 2 saturated carbocycles. The van der Waals surface area contributed by atoms with Crippen LogP contribution in [0, 0.1) is 0 Å². The Hall–Kier alpha value is -3.23. The average molecular weight is 447 g/mol. The van der Waals surface area contributed by atoms with Gasteiger partial charge in [0.15, 0.2) is 0 Å². The zero-order valence-electron chi connectivity index (χ0n) is 17.3. The molecule has 32 heavy (non-hydrogen) atoms. The number of hydrogen-bond acceptors (Lipinski definition) is 5. The first-order valence-electron chi connectivity index (χ1n) is 10.7. The van der Waals surface area contributed by atoms with Gasteiger partial charge in [0.2, 0.25) is 10.0 Å². The van der Waals surface area contributed by atoms with Gasteiger partial charge in [0.05, 0.1) is 10.4 Å². The predicted molar refractivity (Wildman–Crippen MR) is 121 cm³/mol. The Morgan fingerprint density at radius 1 is 0.969 bits per heavy atom. The van der Waals surface area contributed by atoms with E-state index in [4.69, 9.17) is 5.73 Å². The molecule has 1 spiro atoms. The Labute approximate surface area is 186 Å². The minimum absolute atomic E-state index is 0.0184. The molecular weight excluding hydrogens is 424 g/mol. The first-order chi connectivity index (χ1) is 15.3. The van der Waals surface area contributed by atoms with E-state index >= 15 is 0 Å². The molecule has 7 nitrogen and oxygen atoms in total. The molecular formula is C24H22N4O3S. The van der Waals surface area contributed by atoms with E-state index in [0.717, 1.165) is 59.1 Å². The van der Waals surface area contributed by atoms with E-state index in [9.17, 15) is 13.2 Å². The standard InChI is InChI=1S/C24H22N4O3S/c25-22-20(15-3-8-19-21(12-15)24(9-10-24)27-23(19)29)11-16(13-26-22)14-1-6-18(7-2-14)32(30,31)28-17-4-5-17/h1-3,6-8,11-13,17,28H,4-5,9-10H2,(H2,25,26)(H,27,29). The van der Waals surface area contributed by atoms with Gasteiger partial charge in [0.25, 0.3) is 5.91 Å². The van der Waals surface area contributed by atoms with Crippen molar-refractivity contribution in [1.82, 2.24) is 15.0 Å². The monoisotopic (exact) mass is 446 g/mol. The summed E-state index contributed by atoms with van der Waals surface area (Å²) >= 11 is 0. The van der Waals surface area contributed by atoms with Gasteiger partial charge in [-0.15, -0.1) is 0 Å². The summed E-state index contributed by atoms with van der Waals surface area (Å²) in [6, 6.07) is 14.6. The maximum absolute atomic E-state index is 12.4. The Bertz CT molecular complexity index is 1370. The minimum atomic E-state index is -3.49. The van der Waals surface area contributed by atoms with Crippen LogP contribution in [0.15, 0.2) is 59.6 Å². The first-order valence-corrected chi connectivity index (χ1v) is 12.2. The lowest BCUT2D eigenvalue weighted by Gasteiger charge is -2.12. The highest BCUT2D eigenvalue weighted by molar-refractivity contribution is 7.89. The summed E-state index contributed by atoms with van der Waals surface area (Å²) < 4.78 is 27.5. The molecule has 8 heteroatoms. The average Bonchev–Trinajstić information content (AvgIpc) is 3.71. The zero-order valence-corrected chi connectivity index (χ0v) is 18.1. The van der Waals surface area contributed by atoms with E-state index in [1.807, 2.05) is 24.3 Å². The molecule has 1 aliphatic heterocycles. The van der Waals surface area contributed by atoms with Gasteiger partial charge in [-0.1, -0.05) is 18.2 Å². The van der Waals surface area contributed by atoms with Crippen LogP contribution in [0.1, 0.15) is 41.6 Å². The summed E-state index contributed by atoms with van der Waals surface area (Å²) in [5.41, 5.74) is 11.1. The normalized spacial score (nSPS) is 18.4. The highest BCUT2D eigenvalue weighted by Gasteiger charge is 2.52. The van der Waals surface area contributed by atoms with Crippen molar-refractivity contribution in [2.75, 3.05) is 5.73 Å². The van der Waals surface area contributed by atoms with Crippen molar-refractivity contribution in [3.8, 4) is 22.3 Å². The lowest BCUT2D eigenvalue weighted by atomic mass is 9.95. The van der Waals surface area contributed by atoms with Gasteiger partial charge in [-0.25, -0.2) is 18.1 Å². The quantitative estimate of drug-likeness (QED) is 0.557. The largest absolute Gasteiger partial charge is 0.383 e. The number of amides is 1. The van der Waals surface area contributed by atoms with Crippen LogP contribution < -0.4 is 15.8 Å². The lowest BCUT2D eigenvalue weighted by molar-refractivity contribution is 0.0952. The van der Waals surface area contributed by atoms with Gasteiger partial charge in [-0.2, -0.15) is 0 Å². The summed E-state index contributed by atoms with van der Waals surface area (Å²) in [5.74, 6) is 0.388. The highest BCUT2D eigenvalue weighted by Crippen LogP contribution is 2.51. The van der Waals surface area contributed by atoms with Gasteiger partial charge >= 0.3 is 0 Å². The number of aromatic nitrogens is 1. The number of nitrogens with one attached hydrogen (secondary N) is 2. The molecule has 1 aromatic heterocycles. The van der Waals surface area contributed by atoms with E-state index in [0.29, 0.717) is 5.82 Å². The van der Waals surface area contributed by atoms with Crippen molar-refractivity contribution in [3.63, 3.8) is 0 Å². The summed E-state index contributed by atoms with van der Waals surface area (Å²) in [4.78, 5) is 16.9. The lowest BCUT2D eigenvalue weighted by Crippen LogP contribution is -2.25. The van der Waals surface area contributed by atoms with Gasteiger partial charge in [-0.05, 0) is 72.7 Å². The Balaban J connectivity index is 1.34. The van der Waals surface area contributed by atoms with Gasteiger partial charge in [-0.3, -0.25) is 4.79 Å². The van der Waals surface area contributed by atoms with Gasteiger partial charge in [0.1, 0.15) is 5.82 Å². The number of nitrogen functional groups attached to an aromatic ring is 1. The molecule has 0 radical (unpaired) electrons. The molecule has 3 aromatic rings. The van der Waals surface area contributed by atoms with E-state index in [1.54, 1.807) is 30.5 Å². The second kappa shape index (κ2) is 6.63. The molecule has 162 valence electrons. The SMILES string of the molecule is Nc1ncc(-c2ccc(S(=O)(=O)NC3CC3)cc2)cc1-c1ccc2c(c1)C1(CC1)NC2=O. The van der Waals surface area contributed by atoms with Crippen molar-refractivity contribution in [2.24, 2.45) is 0 Å². The molecule has 2 aromatic carbocycles. The number of fused-ring (bicyclic) bond motifs is 2. The fourth-order valence-corrected chi connectivity index (χ4v) is 5.66. The summed E-state index contributed by atoms with van der Waals surface area (Å²) in [5, 5.41) is 3.09. The number of benzene rings is 2. The molecule has 2 fully saturated rings. The van der Waals surface area contributed by atoms with Crippen LogP contribution in [0.3, 0.4) is 0 Å². The molecule has 0 bridgehead atoms. The number of carbonyl (C=O) groups excluding carboxylic acids is 1.